The van der Waals surface area contributed by atoms with Gasteiger partial charge in [0.2, 0.25) is 0 Å². The van der Waals surface area contributed by atoms with E-state index >= 15 is 0 Å². The number of Topliss-reactive ketones (excluding diaryl/α,β-unsaturated/α-hetero) is 1. The van der Waals surface area contributed by atoms with Gasteiger partial charge in [-0.05, 0) is 42.9 Å². The summed E-state index contributed by atoms with van der Waals surface area (Å²) in [5, 5.41) is 0. The third-order valence-electron chi connectivity index (χ3n) is 7.25. The molecule has 3 saturated carbocycles. The van der Waals surface area contributed by atoms with Gasteiger partial charge in [-0.15, -0.1) is 0 Å². The monoisotopic (exact) mass is 292 g/mol. The lowest BCUT2D eigenvalue weighted by Gasteiger charge is -2.67. The molecule has 0 unspecified atom stereocenters. The Hall–Kier alpha value is -0.860. The van der Waals surface area contributed by atoms with Crippen LogP contribution >= 0.6 is 0 Å². The Morgan fingerprint density at radius 1 is 1.10 bits per heavy atom. The fourth-order valence-corrected chi connectivity index (χ4v) is 5.98. The van der Waals surface area contributed by atoms with E-state index < -0.39 is 0 Å². The van der Waals surface area contributed by atoms with Crippen molar-refractivity contribution in [3.63, 3.8) is 0 Å². The lowest BCUT2D eigenvalue weighted by atomic mass is 9.37. The number of fused-ring (bicyclic) bond motifs is 3. The Morgan fingerprint density at radius 3 is 2.33 bits per heavy atom. The first-order valence-electron chi connectivity index (χ1n) is 8.33. The van der Waals surface area contributed by atoms with Crippen LogP contribution in [0, 0.1) is 28.1 Å². The summed E-state index contributed by atoms with van der Waals surface area (Å²) >= 11 is 0. The molecule has 3 heteroatoms. The van der Waals surface area contributed by atoms with Gasteiger partial charge in [0.1, 0.15) is 11.9 Å². The largest absolute Gasteiger partial charge is 0.462 e. The topological polar surface area (TPSA) is 43.4 Å². The summed E-state index contributed by atoms with van der Waals surface area (Å²) in [5.74, 6) is 1.14. The second-order valence-corrected chi connectivity index (χ2v) is 8.68. The molecule has 0 aromatic carbocycles. The van der Waals surface area contributed by atoms with E-state index in [2.05, 4.69) is 27.7 Å². The smallest absolute Gasteiger partial charge is 0.302 e. The maximum absolute atomic E-state index is 12.2. The standard InChI is InChI=1S/C18H28O3/c1-11(19)21-15-7-8-16(2,3)12-6-9-17(4)13(10-14(17)20)18(12,15)5/h12-13,15H,6-10H2,1-5H3/t12-,13-,15+,17-,18-/m1/s1. The van der Waals surface area contributed by atoms with Crippen LogP contribution in [0.15, 0.2) is 0 Å². The predicted molar refractivity (Wildman–Crippen MR) is 80.6 cm³/mol. The van der Waals surface area contributed by atoms with Gasteiger partial charge in [-0.25, -0.2) is 0 Å². The molecule has 0 N–H and O–H groups in total. The van der Waals surface area contributed by atoms with Crippen molar-refractivity contribution >= 4 is 11.8 Å². The number of carbonyl (C=O) groups is 2. The first-order valence-corrected chi connectivity index (χ1v) is 8.33. The van der Waals surface area contributed by atoms with Crippen molar-refractivity contribution in [1.82, 2.24) is 0 Å². The van der Waals surface area contributed by atoms with E-state index in [9.17, 15) is 9.59 Å². The minimum absolute atomic E-state index is 0.0225. The molecule has 0 saturated heterocycles. The highest BCUT2D eigenvalue weighted by Gasteiger charge is 2.68. The molecule has 3 rings (SSSR count). The summed E-state index contributed by atoms with van der Waals surface area (Å²) in [6, 6.07) is 0. The zero-order valence-electron chi connectivity index (χ0n) is 14.0. The molecule has 0 bridgehead atoms. The lowest BCUT2D eigenvalue weighted by Crippen LogP contribution is -2.67. The van der Waals surface area contributed by atoms with Crippen molar-refractivity contribution in [2.75, 3.05) is 0 Å². The van der Waals surface area contributed by atoms with E-state index in [1.807, 2.05) is 0 Å². The number of esters is 1. The molecule has 21 heavy (non-hydrogen) atoms. The quantitative estimate of drug-likeness (QED) is 0.691. The fourth-order valence-electron chi connectivity index (χ4n) is 5.98. The van der Waals surface area contributed by atoms with Gasteiger partial charge in [0.05, 0.1) is 0 Å². The van der Waals surface area contributed by atoms with Gasteiger partial charge in [0.25, 0.3) is 0 Å². The van der Waals surface area contributed by atoms with Crippen LogP contribution in [0.4, 0.5) is 0 Å². The van der Waals surface area contributed by atoms with Gasteiger partial charge < -0.3 is 4.74 Å². The fraction of sp³-hybridized carbons (Fsp3) is 0.889. The number of carbonyl (C=O) groups excluding carboxylic acids is 2. The van der Waals surface area contributed by atoms with Gasteiger partial charge in [-0.3, -0.25) is 9.59 Å². The molecule has 0 aromatic rings. The van der Waals surface area contributed by atoms with E-state index in [4.69, 9.17) is 4.74 Å². The molecule has 0 aromatic heterocycles. The van der Waals surface area contributed by atoms with E-state index in [1.165, 1.54) is 6.92 Å². The van der Waals surface area contributed by atoms with Gasteiger partial charge >= 0.3 is 5.97 Å². The van der Waals surface area contributed by atoms with Crippen LogP contribution in [0.5, 0.6) is 0 Å². The highest BCUT2D eigenvalue weighted by Crippen LogP contribution is 2.69. The summed E-state index contributed by atoms with van der Waals surface area (Å²) < 4.78 is 5.74. The van der Waals surface area contributed by atoms with E-state index in [0.717, 1.165) is 25.7 Å². The second-order valence-electron chi connectivity index (χ2n) is 8.68. The van der Waals surface area contributed by atoms with Crippen molar-refractivity contribution in [1.29, 1.82) is 0 Å². The van der Waals surface area contributed by atoms with Crippen LogP contribution in [0.1, 0.15) is 66.7 Å². The van der Waals surface area contributed by atoms with Crippen molar-refractivity contribution in [2.45, 2.75) is 72.8 Å². The first-order chi connectivity index (χ1) is 9.62. The van der Waals surface area contributed by atoms with Crippen molar-refractivity contribution < 1.29 is 14.3 Å². The number of hydrogen-bond donors (Lipinski definition) is 0. The van der Waals surface area contributed by atoms with E-state index in [1.54, 1.807) is 0 Å². The van der Waals surface area contributed by atoms with Crippen LogP contribution in [0.3, 0.4) is 0 Å². The molecule has 3 nitrogen and oxygen atoms in total. The van der Waals surface area contributed by atoms with Crippen LogP contribution < -0.4 is 0 Å². The predicted octanol–water partition coefficient (Wildman–Crippen LogP) is 3.75. The zero-order valence-corrected chi connectivity index (χ0v) is 14.0. The third-order valence-corrected chi connectivity index (χ3v) is 7.25. The zero-order chi connectivity index (χ0) is 15.6. The molecule has 3 aliphatic carbocycles. The van der Waals surface area contributed by atoms with Crippen molar-refractivity contribution in [2.24, 2.45) is 28.1 Å². The molecule has 3 aliphatic rings. The highest BCUT2D eigenvalue weighted by molar-refractivity contribution is 5.91. The summed E-state index contributed by atoms with van der Waals surface area (Å²) in [7, 11) is 0. The van der Waals surface area contributed by atoms with Gasteiger partial charge in [-0.2, -0.15) is 0 Å². The lowest BCUT2D eigenvalue weighted by molar-refractivity contribution is -0.224. The van der Waals surface area contributed by atoms with Crippen molar-refractivity contribution in [3.8, 4) is 0 Å². The van der Waals surface area contributed by atoms with Crippen LogP contribution in [-0.4, -0.2) is 17.9 Å². The Kier molecular flexibility index (Phi) is 3.10. The molecule has 0 radical (unpaired) electrons. The molecule has 0 heterocycles. The van der Waals surface area contributed by atoms with Crippen molar-refractivity contribution in [3.05, 3.63) is 0 Å². The number of hydrogen-bond acceptors (Lipinski definition) is 3. The van der Waals surface area contributed by atoms with Crippen LogP contribution in [-0.2, 0) is 14.3 Å². The summed E-state index contributed by atoms with van der Waals surface area (Å²) in [4.78, 5) is 23.7. The molecule has 3 fully saturated rings. The van der Waals surface area contributed by atoms with E-state index in [-0.39, 0.29) is 28.3 Å². The molecular formula is C18H28O3. The molecule has 118 valence electrons. The first kappa shape index (κ1) is 15.1. The number of ether oxygens (including phenoxy) is 1. The number of ketones is 1. The molecule has 0 amide bonds. The molecular weight excluding hydrogens is 264 g/mol. The maximum atomic E-state index is 12.2. The van der Waals surface area contributed by atoms with Crippen LogP contribution in [0.25, 0.3) is 0 Å². The third kappa shape index (κ3) is 1.85. The Labute approximate surface area is 127 Å². The Balaban J connectivity index is 2.01. The average Bonchev–Trinajstić information content (AvgIpc) is 2.37. The van der Waals surface area contributed by atoms with Gasteiger partial charge in [0, 0.05) is 24.2 Å². The summed E-state index contributed by atoms with van der Waals surface area (Å²) in [5.41, 5.74) is 0.0523. The highest BCUT2D eigenvalue weighted by atomic mass is 16.5. The minimum atomic E-state index is -0.183. The summed E-state index contributed by atoms with van der Waals surface area (Å²) in [6.45, 7) is 10.6. The Bertz CT molecular complexity index is 495. The molecule has 0 spiro atoms. The second kappa shape index (κ2) is 4.33. The van der Waals surface area contributed by atoms with Gasteiger partial charge in [-0.1, -0.05) is 27.7 Å². The van der Waals surface area contributed by atoms with Crippen LogP contribution in [0.2, 0.25) is 0 Å². The van der Waals surface area contributed by atoms with Gasteiger partial charge in [0.15, 0.2) is 0 Å². The maximum Gasteiger partial charge on any atom is 0.302 e. The normalized spacial score (nSPS) is 47.9. The summed E-state index contributed by atoms with van der Waals surface area (Å²) in [6.07, 6.45) is 4.78. The van der Waals surface area contributed by atoms with E-state index in [0.29, 0.717) is 24.0 Å². The Morgan fingerprint density at radius 2 is 1.76 bits per heavy atom. The molecule has 0 aliphatic heterocycles. The number of rotatable bonds is 1. The minimum Gasteiger partial charge on any atom is -0.462 e. The molecule has 5 atom stereocenters. The SMILES string of the molecule is CC(=O)O[C@H]1CCC(C)(C)[C@H]2CC[C@@]3(C)C(=O)C[C@H]3[C@]12C. The average molecular weight is 292 g/mol.